The Kier molecular flexibility index (Phi) is 7.34. The molecule has 1 amide bonds. The Hall–Kier alpha value is -1.30. The number of hydrogen-bond acceptors (Lipinski definition) is 4. The number of halogens is 1. The zero-order chi connectivity index (χ0) is 16.1. The SMILES string of the molecule is COc1ccccc1CCC(=O)N1CCC(N2CCNCC2)C1.Cl. The zero-order valence-electron chi connectivity index (χ0n) is 14.4. The number of carbonyl (C=O) groups is 1. The van der Waals surface area contributed by atoms with Crippen molar-refractivity contribution in [2.75, 3.05) is 46.4 Å². The maximum Gasteiger partial charge on any atom is 0.222 e. The monoisotopic (exact) mass is 353 g/mol. The number of piperazine rings is 1. The van der Waals surface area contributed by atoms with Crippen LogP contribution < -0.4 is 10.1 Å². The molecule has 0 aromatic heterocycles. The lowest BCUT2D eigenvalue weighted by molar-refractivity contribution is -0.130. The third-order valence-corrected chi connectivity index (χ3v) is 4.98. The van der Waals surface area contributed by atoms with Crippen LogP contribution in [0.5, 0.6) is 5.75 Å². The average Bonchev–Trinajstić information content (AvgIpc) is 3.11. The van der Waals surface area contributed by atoms with Crippen molar-refractivity contribution >= 4 is 18.3 Å². The molecule has 2 saturated heterocycles. The molecule has 24 heavy (non-hydrogen) atoms. The fourth-order valence-corrected chi connectivity index (χ4v) is 3.62. The summed E-state index contributed by atoms with van der Waals surface area (Å²) < 4.78 is 5.36. The molecular formula is C18H28ClN3O2. The molecule has 1 aromatic rings. The van der Waals surface area contributed by atoms with Crippen molar-refractivity contribution < 1.29 is 9.53 Å². The number of benzene rings is 1. The minimum Gasteiger partial charge on any atom is -0.496 e. The highest BCUT2D eigenvalue weighted by Gasteiger charge is 2.30. The number of amides is 1. The van der Waals surface area contributed by atoms with E-state index in [9.17, 15) is 4.79 Å². The molecule has 1 unspecified atom stereocenters. The minimum absolute atomic E-state index is 0. The Morgan fingerprint density at radius 2 is 2.00 bits per heavy atom. The maximum atomic E-state index is 12.5. The van der Waals surface area contributed by atoms with Gasteiger partial charge in [0, 0.05) is 51.7 Å². The molecule has 0 saturated carbocycles. The van der Waals surface area contributed by atoms with Gasteiger partial charge in [-0.3, -0.25) is 9.69 Å². The van der Waals surface area contributed by atoms with Gasteiger partial charge in [0.05, 0.1) is 7.11 Å². The number of nitrogens with zero attached hydrogens (tertiary/aromatic N) is 2. The summed E-state index contributed by atoms with van der Waals surface area (Å²) in [4.78, 5) is 17.1. The topological polar surface area (TPSA) is 44.8 Å². The first-order valence-electron chi connectivity index (χ1n) is 8.62. The molecule has 0 bridgehead atoms. The molecule has 1 N–H and O–H groups in total. The van der Waals surface area contributed by atoms with Crippen molar-refractivity contribution in [1.29, 1.82) is 0 Å². The lowest BCUT2D eigenvalue weighted by atomic mass is 10.1. The standard InChI is InChI=1S/C18H27N3O2.ClH/c1-23-17-5-3-2-4-15(17)6-7-18(22)21-11-8-16(14-21)20-12-9-19-10-13-20;/h2-5,16,19H,6-14H2,1H3;1H. The second-order valence-electron chi connectivity index (χ2n) is 6.38. The minimum atomic E-state index is 0. The van der Waals surface area contributed by atoms with E-state index in [1.807, 2.05) is 29.2 Å². The van der Waals surface area contributed by atoms with E-state index < -0.39 is 0 Å². The van der Waals surface area contributed by atoms with Crippen molar-refractivity contribution in [3.8, 4) is 5.75 Å². The molecule has 0 aliphatic carbocycles. The van der Waals surface area contributed by atoms with E-state index in [4.69, 9.17) is 4.74 Å². The molecule has 2 fully saturated rings. The van der Waals surface area contributed by atoms with E-state index in [0.717, 1.165) is 63.4 Å². The number of aryl methyl sites for hydroxylation is 1. The first-order chi connectivity index (χ1) is 11.3. The molecule has 2 heterocycles. The highest BCUT2D eigenvalue weighted by Crippen LogP contribution is 2.21. The lowest BCUT2D eigenvalue weighted by Crippen LogP contribution is -2.49. The summed E-state index contributed by atoms with van der Waals surface area (Å²) in [7, 11) is 1.68. The van der Waals surface area contributed by atoms with Crippen LogP contribution in [0.2, 0.25) is 0 Å². The Morgan fingerprint density at radius 1 is 1.25 bits per heavy atom. The fraction of sp³-hybridized carbons (Fsp3) is 0.611. The van der Waals surface area contributed by atoms with E-state index in [-0.39, 0.29) is 18.3 Å². The molecule has 3 rings (SSSR count). The predicted octanol–water partition coefficient (Wildman–Crippen LogP) is 1.56. The van der Waals surface area contributed by atoms with Crippen molar-refractivity contribution in [2.24, 2.45) is 0 Å². The van der Waals surface area contributed by atoms with E-state index >= 15 is 0 Å². The zero-order valence-corrected chi connectivity index (χ0v) is 15.2. The van der Waals surface area contributed by atoms with Crippen LogP contribution in [0.25, 0.3) is 0 Å². The molecule has 6 heteroatoms. The largest absolute Gasteiger partial charge is 0.496 e. The summed E-state index contributed by atoms with van der Waals surface area (Å²) in [5, 5.41) is 3.39. The summed E-state index contributed by atoms with van der Waals surface area (Å²) in [6.45, 7) is 6.14. The number of hydrogen-bond donors (Lipinski definition) is 1. The summed E-state index contributed by atoms with van der Waals surface area (Å²) in [5.74, 6) is 1.15. The summed E-state index contributed by atoms with van der Waals surface area (Å²) >= 11 is 0. The highest BCUT2D eigenvalue weighted by atomic mass is 35.5. The predicted molar refractivity (Wildman–Crippen MR) is 98.0 cm³/mol. The Bertz CT molecular complexity index is 535. The Morgan fingerprint density at radius 3 is 2.75 bits per heavy atom. The van der Waals surface area contributed by atoms with Crippen LogP contribution in [0.3, 0.4) is 0 Å². The molecule has 1 atom stereocenters. The van der Waals surface area contributed by atoms with Crippen molar-refractivity contribution in [3.05, 3.63) is 29.8 Å². The molecular weight excluding hydrogens is 326 g/mol. The first-order valence-corrected chi connectivity index (χ1v) is 8.62. The first kappa shape index (κ1) is 19.0. The van der Waals surface area contributed by atoms with E-state index in [1.54, 1.807) is 7.11 Å². The van der Waals surface area contributed by atoms with Crippen LogP contribution in [0.1, 0.15) is 18.4 Å². The van der Waals surface area contributed by atoms with Gasteiger partial charge in [-0.05, 0) is 24.5 Å². The number of nitrogens with one attached hydrogen (secondary N) is 1. The van der Waals surface area contributed by atoms with Crippen LogP contribution in [-0.2, 0) is 11.2 Å². The van der Waals surface area contributed by atoms with Crippen LogP contribution >= 0.6 is 12.4 Å². The third-order valence-electron chi connectivity index (χ3n) is 4.98. The van der Waals surface area contributed by atoms with Gasteiger partial charge in [-0.2, -0.15) is 0 Å². The number of methoxy groups -OCH3 is 1. The molecule has 2 aliphatic rings. The van der Waals surface area contributed by atoms with Gasteiger partial charge >= 0.3 is 0 Å². The van der Waals surface area contributed by atoms with Crippen LogP contribution in [0.4, 0.5) is 0 Å². The van der Waals surface area contributed by atoms with Gasteiger partial charge in [-0.15, -0.1) is 12.4 Å². The molecule has 0 spiro atoms. The highest BCUT2D eigenvalue weighted by molar-refractivity contribution is 5.85. The molecule has 1 aromatic carbocycles. The van der Waals surface area contributed by atoms with Crippen molar-refractivity contribution in [2.45, 2.75) is 25.3 Å². The number of rotatable bonds is 5. The van der Waals surface area contributed by atoms with E-state index in [0.29, 0.717) is 12.5 Å². The number of carbonyl (C=O) groups excluding carboxylic acids is 1. The summed E-state index contributed by atoms with van der Waals surface area (Å²) in [6.07, 6.45) is 2.42. The van der Waals surface area contributed by atoms with Gasteiger partial charge < -0.3 is 15.0 Å². The maximum absolute atomic E-state index is 12.5. The van der Waals surface area contributed by atoms with Gasteiger partial charge in [0.2, 0.25) is 5.91 Å². The third kappa shape index (κ3) is 4.62. The second-order valence-corrected chi connectivity index (χ2v) is 6.38. The van der Waals surface area contributed by atoms with Crippen molar-refractivity contribution in [3.63, 3.8) is 0 Å². The molecule has 2 aliphatic heterocycles. The quantitative estimate of drug-likeness (QED) is 0.872. The van der Waals surface area contributed by atoms with Crippen LogP contribution in [0, 0.1) is 0 Å². The van der Waals surface area contributed by atoms with Crippen LogP contribution in [-0.4, -0.2) is 68.1 Å². The number of ether oxygens (including phenoxy) is 1. The van der Waals surface area contributed by atoms with Gasteiger partial charge in [0.25, 0.3) is 0 Å². The molecule has 0 radical (unpaired) electrons. The average molecular weight is 354 g/mol. The lowest BCUT2D eigenvalue weighted by Gasteiger charge is -2.32. The van der Waals surface area contributed by atoms with Crippen molar-refractivity contribution in [1.82, 2.24) is 15.1 Å². The second kappa shape index (κ2) is 9.25. The van der Waals surface area contributed by atoms with Gasteiger partial charge in [0.15, 0.2) is 0 Å². The fourth-order valence-electron chi connectivity index (χ4n) is 3.62. The smallest absolute Gasteiger partial charge is 0.222 e. The van der Waals surface area contributed by atoms with Gasteiger partial charge in [0.1, 0.15) is 5.75 Å². The Balaban J connectivity index is 0.00000208. The van der Waals surface area contributed by atoms with E-state index in [1.165, 1.54) is 0 Å². The molecule has 134 valence electrons. The van der Waals surface area contributed by atoms with E-state index in [2.05, 4.69) is 10.2 Å². The van der Waals surface area contributed by atoms with Gasteiger partial charge in [-0.25, -0.2) is 0 Å². The molecule has 5 nitrogen and oxygen atoms in total. The summed E-state index contributed by atoms with van der Waals surface area (Å²) in [6, 6.07) is 8.50. The normalized spacial score (nSPS) is 21.4. The summed E-state index contributed by atoms with van der Waals surface area (Å²) in [5.41, 5.74) is 1.11. The van der Waals surface area contributed by atoms with Gasteiger partial charge in [-0.1, -0.05) is 18.2 Å². The number of para-hydroxylation sites is 1. The Labute approximate surface area is 150 Å². The number of likely N-dealkylation sites (tertiary alicyclic amines) is 1. The van der Waals surface area contributed by atoms with Crippen LogP contribution in [0.15, 0.2) is 24.3 Å².